The van der Waals surface area contributed by atoms with Crippen molar-refractivity contribution in [3.8, 4) is 5.75 Å². The van der Waals surface area contributed by atoms with Gasteiger partial charge in [-0.2, -0.15) is 8.78 Å². The van der Waals surface area contributed by atoms with Gasteiger partial charge in [0.25, 0.3) is 0 Å². The molecule has 1 aromatic carbocycles. The fourth-order valence-corrected chi connectivity index (χ4v) is 2.38. The molecule has 0 fully saturated rings. The highest BCUT2D eigenvalue weighted by molar-refractivity contribution is 9.11. The number of ether oxygens (including phenoxy) is 2. The van der Waals surface area contributed by atoms with Gasteiger partial charge in [-0.15, -0.1) is 0 Å². The van der Waals surface area contributed by atoms with Crippen LogP contribution in [0.4, 0.5) is 19.3 Å². The molecule has 1 amide bonds. The Kier molecular flexibility index (Phi) is 5.13. The topological polar surface area (TPSA) is 47.6 Å². The molecule has 0 bridgehead atoms. The molecule has 0 saturated carbocycles. The fraction of sp³-hybridized carbons (Fsp3) is 0.222. The highest BCUT2D eigenvalue weighted by atomic mass is 79.9. The van der Waals surface area contributed by atoms with E-state index >= 15 is 0 Å². The van der Waals surface area contributed by atoms with Crippen LogP contribution in [0.15, 0.2) is 21.1 Å². The van der Waals surface area contributed by atoms with Crippen LogP contribution >= 0.6 is 31.9 Å². The van der Waals surface area contributed by atoms with E-state index in [0.29, 0.717) is 5.69 Å². The van der Waals surface area contributed by atoms with Gasteiger partial charge in [0.2, 0.25) is 0 Å². The van der Waals surface area contributed by atoms with Crippen molar-refractivity contribution >= 4 is 43.6 Å². The maximum Gasteiger partial charge on any atom is 0.411 e. The second-order valence-corrected chi connectivity index (χ2v) is 4.47. The number of nitrogens with one attached hydrogen (secondary N) is 1. The lowest BCUT2D eigenvalue weighted by Gasteiger charge is -2.11. The molecule has 0 unspecified atom stereocenters. The van der Waals surface area contributed by atoms with Crippen LogP contribution in [0.3, 0.4) is 0 Å². The quantitative estimate of drug-likeness (QED) is 0.870. The summed E-state index contributed by atoms with van der Waals surface area (Å²) >= 11 is 6.12. The lowest BCUT2D eigenvalue weighted by Crippen LogP contribution is -2.11. The second kappa shape index (κ2) is 6.15. The Bertz CT molecular complexity index is 406. The number of benzene rings is 1. The molecule has 0 aliphatic rings. The van der Waals surface area contributed by atoms with Crippen LogP contribution in [0.1, 0.15) is 0 Å². The molecule has 1 rings (SSSR count). The average Bonchev–Trinajstić information content (AvgIpc) is 2.23. The van der Waals surface area contributed by atoms with Gasteiger partial charge in [0.15, 0.2) is 5.75 Å². The van der Waals surface area contributed by atoms with Gasteiger partial charge in [-0.25, -0.2) is 4.79 Å². The maximum absolute atomic E-state index is 12.1. The van der Waals surface area contributed by atoms with Crippen molar-refractivity contribution in [1.29, 1.82) is 0 Å². The van der Waals surface area contributed by atoms with Crippen LogP contribution in [0.5, 0.6) is 5.75 Å². The standard InChI is InChI=1S/C9H7Br2F2NO3/c1-16-9(15)14-4-2-5(10)7(6(11)3-4)17-8(12)13/h2-3,8H,1H3,(H,14,15). The number of carbonyl (C=O) groups excluding carboxylic acids is 1. The predicted octanol–water partition coefficient (Wildman–Crippen LogP) is 3.99. The van der Waals surface area contributed by atoms with Gasteiger partial charge in [-0.1, -0.05) is 0 Å². The number of hydrogen-bond donors (Lipinski definition) is 1. The number of methoxy groups -OCH3 is 1. The Morgan fingerprint density at radius 2 is 1.88 bits per heavy atom. The normalized spacial score (nSPS) is 10.2. The van der Waals surface area contributed by atoms with Crippen molar-refractivity contribution in [2.75, 3.05) is 12.4 Å². The third-order valence-electron chi connectivity index (χ3n) is 1.64. The first-order valence-electron chi connectivity index (χ1n) is 4.23. The summed E-state index contributed by atoms with van der Waals surface area (Å²) in [5.41, 5.74) is 0.372. The van der Waals surface area contributed by atoms with Crippen molar-refractivity contribution in [3.63, 3.8) is 0 Å². The summed E-state index contributed by atoms with van der Waals surface area (Å²) < 4.78 is 33.4. The van der Waals surface area contributed by atoms with Gasteiger partial charge >= 0.3 is 12.7 Å². The summed E-state index contributed by atoms with van der Waals surface area (Å²) in [6.45, 7) is -2.93. The van der Waals surface area contributed by atoms with E-state index in [1.807, 2.05) is 0 Å². The molecule has 1 N–H and O–H groups in total. The number of anilines is 1. The summed E-state index contributed by atoms with van der Waals surface area (Å²) in [4.78, 5) is 11.0. The molecule has 0 heterocycles. The van der Waals surface area contributed by atoms with Crippen LogP contribution in [0.2, 0.25) is 0 Å². The maximum atomic E-state index is 12.1. The zero-order chi connectivity index (χ0) is 13.0. The number of carbonyl (C=O) groups is 1. The lowest BCUT2D eigenvalue weighted by atomic mass is 10.3. The summed E-state index contributed by atoms with van der Waals surface area (Å²) in [6, 6.07) is 2.83. The third kappa shape index (κ3) is 4.12. The van der Waals surface area contributed by atoms with E-state index in [-0.39, 0.29) is 14.7 Å². The molecule has 0 radical (unpaired) electrons. The van der Waals surface area contributed by atoms with E-state index < -0.39 is 12.7 Å². The third-order valence-corrected chi connectivity index (χ3v) is 2.82. The Balaban J connectivity index is 2.96. The van der Waals surface area contributed by atoms with Crippen LogP contribution in [-0.2, 0) is 4.74 Å². The average molecular weight is 375 g/mol. The van der Waals surface area contributed by atoms with Crippen molar-refractivity contribution in [1.82, 2.24) is 0 Å². The monoisotopic (exact) mass is 373 g/mol. The molecule has 1 aromatic rings. The molecule has 0 saturated heterocycles. The number of halogens is 4. The van der Waals surface area contributed by atoms with Gasteiger partial charge in [0.1, 0.15) is 0 Å². The van der Waals surface area contributed by atoms with E-state index in [1.54, 1.807) is 0 Å². The Morgan fingerprint density at radius 1 is 1.35 bits per heavy atom. The first-order valence-corrected chi connectivity index (χ1v) is 5.81. The first kappa shape index (κ1) is 14.2. The first-order chi connectivity index (χ1) is 7.93. The van der Waals surface area contributed by atoms with Crippen LogP contribution < -0.4 is 10.1 Å². The zero-order valence-corrected chi connectivity index (χ0v) is 11.6. The van der Waals surface area contributed by atoms with Crippen LogP contribution in [0, 0.1) is 0 Å². The van der Waals surface area contributed by atoms with Crippen molar-refractivity contribution in [3.05, 3.63) is 21.1 Å². The number of alkyl halides is 2. The minimum Gasteiger partial charge on any atom is -0.453 e. The van der Waals surface area contributed by atoms with Crippen molar-refractivity contribution < 1.29 is 23.0 Å². The molecule has 8 heteroatoms. The second-order valence-electron chi connectivity index (χ2n) is 2.76. The number of rotatable bonds is 3. The Hall–Kier alpha value is -0.890. The summed E-state index contributed by atoms with van der Waals surface area (Å²) in [6.07, 6.45) is -0.661. The molecule has 0 atom stereocenters. The lowest BCUT2D eigenvalue weighted by molar-refractivity contribution is -0.0508. The fourth-order valence-electron chi connectivity index (χ4n) is 1.00. The molecule has 17 heavy (non-hydrogen) atoms. The smallest absolute Gasteiger partial charge is 0.411 e. The van der Waals surface area contributed by atoms with Gasteiger partial charge in [0, 0.05) is 5.69 Å². The minimum atomic E-state index is -2.93. The minimum absolute atomic E-state index is 0.0459. The van der Waals surface area contributed by atoms with E-state index in [9.17, 15) is 13.6 Å². The summed E-state index contributed by atoms with van der Waals surface area (Å²) in [7, 11) is 1.22. The molecule has 0 aliphatic carbocycles. The van der Waals surface area contributed by atoms with E-state index in [4.69, 9.17) is 0 Å². The zero-order valence-electron chi connectivity index (χ0n) is 8.47. The molecule has 0 aromatic heterocycles. The van der Waals surface area contributed by atoms with Gasteiger partial charge < -0.3 is 9.47 Å². The summed E-state index contributed by atoms with van der Waals surface area (Å²) in [5, 5.41) is 2.39. The number of amides is 1. The molecule has 94 valence electrons. The van der Waals surface area contributed by atoms with E-state index in [0.717, 1.165) is 0 Å². The molecule has 4 nitrogen and oxygen atoms in total. The SMILES string of the molecule is COC(=O)Nc1cc(Br)c(OC(F)F)c(Br)c1. The van der Waals surface area contributed by atoms with E-state index in [1.165, 1.54) is 19.2 Å². The highest BCUT2D eigenvalue weighted by Crippen LogP contribution is 2.37. The highest BCUT2D eigenvalue weighted by Gasteiger charge is 2.14. The van der Waals surface area contributed by atoms with Crippen LogP contribution in [0.25, 0.3) is 0 Å². The summed E-state index contributed by atoms with van der Waals surface area (Å²) in [5.74, 6) is -0.0459. The van der Waals surface area contributed by atoms with E-state index in [2.05, 4.69) is 46.7 Å². The Labute approximate surface area is 113 Å². The molecule has 0 aliphatic heterocycles. The Morgan fingerprint density at radius 3 is 2.29 bits per heavy atom. The van der Waals surface area contributed by atoms with Crippen molar-refractivity contribution in [2.45, 2.75) is 6.61 Å². The molecular weight excluding hydrogens is 368 g/mol. The molecule has 0 spiro atoms. The van der Waals surface area contributed by atoms with Gasteiger partial charge in [0.05, 0.1) is 16.1 Å². The number of hydrogen-bond acceptors (Lipinski definition) is 3. The van der Waals surface area contributed by atoms with Gasteiger partial charge in [-0.3, -0.25) is 5.32 Å². The van der Waals surface area contributed by atoms with Crippen molar-refractivity contribution in [2.24, 2.45) is 0 Å². The van der Waals surface area contributed by atoms with Crippen LogP contribution in [-0.4, -0.2) is 19.8 Å². The molecular formula is C9H7Br2F2NO3. The largest absolute Gasteiger partial charge is 0.453 e. The predicted molar refractivity (Wildman–Crippen MR) is 64.5 cm³/mol. The van der Waals surface area contributed by atoms with Gasteiger partial charge in [-0.05, 0) is 44.0 Å².